The number of H-pyrrole nitrogens is 1. The van der Waals surface area contributed by atoms with E-state index in [4.69, 9.17) is 0 Å². The first-order chi connectivity index (χ1) is 8.09. The molecule has 5 heteroatoms. The zero-order chi connectivity index (χ0) is 12.2. The van der Waals surface area contributed by atoms with Gasteiger partial charge >= 0.3 is 0 Å². The van der Waals surface area contributed by atoms with Gasteiger partial charge in [0, 0.05) is 12.1 Å². The van der Waals surface area contributed by atoms with E-state index in [0.717, 1.165) is 5.82 Å². The summed E-state index contributed by atoms with van der Waals surface area (Å²) in [5, 5.41) is 0. The van der Waals surface area contributed by atoms with Crippen molar-refractivity contribution in [3.8, 4) is 0 Å². The maximum Gasteiger partial charge on any atom is 0.278 e. The number of nitrogens with one attached hydrogen (secondary N) is 1. The standard InChI is InChI=1S/C12H13N3O2/c1-6-5-9(7(2)16)15-11(6)14-8-3-4-13-10(8)12(15)17/h3-4,6,9,13H,5H2,1-2H3. The van der Waals surface area contributed by atoms with E-state index in [2.05, 4.69) is 9.97 Å². The van der Waals surface area contributed by atoms with Crippen LogP contribution < -0.4 is 5.56 Å². The summed E-state index contributed by atoms with van der Waals surface area (Å²) in [6.07, 6.45) is 2.37. The summed E-state index contributed by atoms with van der Waals surface area (Å²) in [6.45, 7) is 3.53. The molecule has 0 aliphatic carbocycles. The van der Waals surface area contributed by atoms with Crippen molar-refractivity contribution in [1.29, 1.82) is 0 Å². The molecular weight excluding hydrogens is 218 g/mol. The number of Topliss-reactive ketones (excluding diaryl/α,β-unsaturated/α-hetero) is 1. The van der Waals surface area contributed by atoms with Gasteiger partial charge < -0.3 is 4.98 Å². The van der Waals surface area contributed by atoms with Gasteiger partial charge in [-0.1, -0.05) is 6.92 Å². The summed E-state index contributed by atoms with van der Waals surface area (Å²) in [4.78, 5) is 31.2. The molecule has 3 rings (SSSR count). The Kier molecular flexibility index (Phi) is 1.98. The van der Waals surface area contributed by atoms with Gasteiger partial charge in [0.25, 0.3) is 5.56 Å². The topological polar surface area (TPSA) is 67.8 Å². The minimum atomic E-state index is -0.354. The molecule has 2 atom stereocenters. The summed E-state index contributed by atoms with van der Waals surface area (Å²) in [5.74, 6) is 0.892. The second-order valence-corrected chi connectivity index (χ2v) is 4.65. The lowest BCUT2D eigenvalue weighted by atomic mass is 10.0. The second kappa shape index (κ2) is 3.29. The largest absolute Gasteiger partial charge is 0.355 e. The van der Waals surface area contributed by atoms with Crippen molar-refractivity contribution in [1.82, 2.24) is 14.5 Å². The summed E-state index contributed by atoms with van der Waals surface area (Å²) < 4.78 is 1.55. The van der Waals surface area contributed by atoms with Crippen LogP contribution in [0, 0.1) is 0 Å². The Bertz CT molecular complexity index is 668. The Morgan fingerprint density at radius 2 is 2.35 bits per heavy atom. The van der Waals surface area contributed by atoms with Crippen molar-refractivity contribution in [2.45, 2.75) is 32.2 Å². The van der Waals surface area contributed by atoms with Crippen molar-refractivity contribution in [2.75, 3.05) is 0 Å². The molecule has 0 radical (unpaired) electrons. The van der Waals surface area contributed by atoms with Gasteiger partial charge in [-0.2, -0.15) is 0 Å². The van der Waals surface area contributed by atoms with Crippen molar-refractivity contribution in [2.24, 2.45) is 0 Å². The third kappa shape index (κ3) is 1.28. The number of ketones is 1. The van der Waals surface area contributed by atoms with E-state index in [-0.39, 0.29) is 23.3 Å². The Labute approximate surface area is 97.5 Å². The molecule has 5 nitrogen and oxygen atoms in total. The highest BCUT2D eigenvalue weighted by Gasteiger charge is 2.33. The average molecular weight is 231 g/mol. The minimum Gasteiger partial charge on any atom is -0.355 e. The molecule has 0 bridgehead atoms. The van der Waals surface area contributed by atoms with Crippen LogP contribution in [0.4, 0.5) is 0 Å². The molecule has 2 unspecified atom stereocenters. The molecule has 88 valence electrons. The number of rotatable bonds is 1. The van der Waals surface area contributed by atoms with E-state index in [0.29, 0.717) is 17.5 Å². The van der Waals surface area contributed by atoms with E-state index in [1.54, 1.807) is 16.8 Å². The molecule has 0 spiro atoms. The molecular formula is C12H13N3O2. The van der Waals surface area contributed by atoms with Crippen LogP contribution in [0.25, 0.3) is 11.0 Å². The van der Waals surface area contributed by atoms with Gasteiger partial charge in [-0.3, -0.25) is 14.2 Å². The maximum absolute atomic E-state index is 12.3. The molecule has 1 aliphatic rings. The normalized spacial score (nSPS) is 22.9. The number of nitrogens with zero attached hydrogens (tertiary/aromatic N) is 2. The van der Waals surface area contributed by atoms with Gasteiger partial charge in [0.2, 0.25) is 0 Å². The Hall–Kier alpha value is -1.91. The highest BCUT2D eigenvalue weighted by molar-refractivity contribution is 5.81. The van der Waals surface area contributed by atoms with Crippen LogP contribution in [0.1, 0.15) is 38.1 Å². The van der Waals surface area contributed by atoms with E-state index in [9.17, 15) is 9.59 Å². The monoisotopic (exact) mass is 231 g/mol. The molecule has 0 saturated heterocycles. The van der Waals surface area contributed by atoms with Gasteiger partial charge in [-0.05, 0) is 19.4 Å². The van der Waals surface area contributed by atoms with E-state index < -0.39 is 0 Å². The van der Waals surface area contributed by atoms with Gasteiger partial charge in [0.15, 0.2) is 5.78 Å². The Balaban J connectivity index is 2.38. The lowest BCUT2D eigenvalue weighted by molar-refractivity contribution is -0.120. The number of hydrogen-bond donors (Lipinski definition) is 1. The SMILES string of the molecule is CC(=O)C1CC(C)c2nc3cc[nH]c3c(=O)n21. The first-order valence-corrected chi connectivity index (χ1v) is 5.69. The van der Waals surface area contributed by atoms with Crippen LogP contribution in [0.2, 0.25) is 0 Å². The highest BCUT2D eigenvalue weighted by atomic mass is 16.1. The smallest absolute Gasteiger partial charge is 0.278 e. The molecule has 1 aliphatic heterocycles. The third-order valence-electron chi connectivity index (χ3n) is 3.44. The molecule has 0 fully saturated rings. The van der Waals surface area contributed by atoms with Gasteiger partial charge in [0.05, 0.1) is 11.6 Å². The van der Waals surface area contributed by atoms with Crippen LogP contribution in [0.15, 0.2) is 17.1 Å². The predicted octanol–water partition coefficient (Wildman–Crippen LogP) is 1.36. The van der Waals surface area contributed by atoms with Crippen LogP contribution in [-0.4, -0.2) is 20.3 Å². The molecule has 0 amide bonds. The molecule has 3 heterocycles. The Morgan fingerprint density at radius 3 is 3.06 bits per heavy atom. The molecule has 0 aromatic carbocycles. The van der Waals surface area contributed by atoms with Crippen LogP contribution in [0.5, 0.6) is 0 Å². The molecule has 2 aromatic heterocycles. The number of hydrogen-bond acceptors (Lipinski definition) is 3. The van der Waals surface area contributed by atoms with Crippen molar-refractivity contribution < 1.29 is 4.79 Å². The van der Waals surface area contributed by atoms with E-state index >= 15 is 0 Å². The molecule has 1 N–H and O–H groups in total. The summed E-state index contributed by atoms with van der Waals surface area (Å²) in [6, 6.07) is 1.43. The van der Waals surface area contributed by atoms with Crippen LogP contribution in [-0.2, 0) is 4.79 Å². The first kappa shape index (κ1) is 10.3. The maximum atomic E-state index is 12.3. The van der Waals surface area contributed by atoms with E-state index in [1.165, 1.54) is 6.92 Å². The number of carbonyl (C=O) groups excluding carboxylic acids is 1. The number of aromatic amines is 1. The van der Waals surface area contributed by atoms with Crippen LogP contribution in [0.3, 0.4) is 0 Å². The molecule has 17 heavy (non-hydrogen) atoms. The summed E-state index contributed by atoms with van der Waals surface area (Å²) in [7, 11) is 0. The minimum absolute atomic E-state index is 0.0189. The zero-order valence-electron chi connectivity index (χ0n) is 9.73. The number of carbonyl (C=O) groups is 1. The number of fused-ring (bicyclic) bond motifs is 2. The van der Waals surface area contributed by atoms with Crippen LogP contribution >= 0.6 is 0 Å². The fourth-order valence-electron chi connectivity index (χ4n) is 2.57. The third-order valence-corrected chi connectivity index (χ3v) is 3.44. The highest BCUT2D eigenvalue weighted by Crippen LogP contribution is 2.33. The second-order valence-electron chi connectivity index (χ2n) is 4.65. The average Bonchev–Trinajstić information content (AvgIpc) is 2.85. The first-order valence-electron chi connectivity index (χ1n) is 5.69. The van der Waals surface area contributed by atoms with Crippen molar-refractivity contribution in [3.63, 3.8) is 0 Å². The zero-order valence-corrected chi connectivity index (χ0v) is 9.73. The fraction of sp³-hybridized carbons (Fsp3) is 0.417. The van der Waals surface area contributed by atoms with Crippen molar-refractivity contribution in [3.05, 3.63) is 28.4 Å². The lowest BCUT2D eigenvalue weighted by Gasteiger charge is -2.10. The van der Waals surface area contributed by atoms with Gasteiger partial charge in [-0.25, -0.2) is 4.98 Å². The quantitative estimate of drug-likeness (QED) is 0.805. The van der Waals surface area contributed by atoms with E-state index in [1.807, 2.05) is 6.92 Å². The molecule has 2 aromatic rings. The molecule has 0 saturated carbocycles. The predicted molar refractivity (Wildman–Crippen MR) is 63.1 cm³/mol. The van der Waals surface area contributed by atoms with Gasteiger partial charge in [-0.15, -0.1) is 0 Å². The fourth-order valence-corrected chi connectivity index (χ4v) is 2.57. The summed E-state index contributed by atoms with van der Waals surface area (Å²) in [5.41, 5.74) is 1.02. The Morgan fingerprint density at radius 1 is 1.59 bits per heavy atom. The lowest BCUT2D eigenvalue weighted by Crippen LogP contribution is -2.27. The van der Waals surface area contributed by atoms with Gasteiger partial charge in [0.1, 0.15) is 11.3 Å². The van der Waals surface area contributed by atoms with Crippen molar-refractivity contribution >= 4 is 16.8 Å². The summed E-state index contributed by atoms with van der Waals surface area (Å²) >= 11 is 0. The number of aromatic nitrogens is 3.